The molecule has 4 unspecified atom stereocenters. The molecule has 0 aromatic rings. The first-order valence-corrected chi connectivity index (χ1v) is 7.80. The fourth-order valence-electron chi connectivity index (χ4n) is 2.84. The number of carbonyl (C=O) groups is 3. The first-order chi connectivity index (χ1) is 12.8. The Morgan fingerprint density at radius 1 is 0.821 bits per heavy atom. The molecule has 14 heteroatoms. The van der Waals surface area contributed by atoms with Gasteiger partial charge in [-0.05, 0) is 0 Å². The van der Waals surface area contributed by atoms with Crippen LogP contribution in [0.2, 0.25) is 0 Å². The van der Waals surface area contributed by atoms with Gasteiger partial charge < -0.3 is 55.8 Å². The number of hydrogen-bond donors (Lipinski definition) is 10. The third-order valence-electron chi connectivity index (χ3n) is 4.47. The second-order valence-corrected chi connectivity index (χ2v) is 6.14. The van der Waals surface area contributed by atoms with Gasteiger partial charge in [-0.2, -0.15) is 0 Å². The van der Waals surface area contributed by atoms with E-state index in [1.807, 2.05) is 0 Å². The smallest absolute Gasteiger partial charge is 0.270 e. The van der Waals surface area contributed by atoms with Crippen molar-refractivity contribution < 1.29 is 70.2 Å². The third kappa shape index (κ3) is 3.27. The van der Waals surface area contributed by atoms with Crippen LogP contribution >= 0.6 is 0 Å². The summed E-state index contributed by atoms with van der Waals surface area (Å²) in [6.07, 6.45) is -10.4. The Kier molecular flexibility index (Phi) is 7.49. The summed E-state index contributed by atoms with van der Waals surface area (Å²) in [5.41, 5.74) is -8.28. The van der Waals surface area contributed by atoms with E-state index in [0.717, 1.165) is 0 Å². The molecule has 0 bridgehead atoms. The molecule has 10 N–H and O–H groups in total. The Balaban J connectivity index is 3.84. The van der Waals surface area contributed by atoms with Gasteiger partial charge in [0.05, 0.1) is 26.4 Å². The second kappa shape index (κ2) is 8.52. The normalized spacial score (nSPS) is 36.4. The largest absolute Gasteiger partial charge is 0.393 e. The maximum absolute atomic E-state index is 12.5. The Morgan fingerprint density at radius 2 is 1.21 bits per heavy atom. The van der Waals surface area contributed by atoms with Crippen molar-refractivity contribution in [3.8, 4) is 0 Å². The molecule has 0 spiro atoms. The van der Waals surface area contributed by atoms with Gasteiger partial charge in [-0.1, -0.05) is 0 Å². The van der Waals surface area contributed by atoms with Crippen molar-refractivity contribution >= 4 is 17.3 Å². The summed E-state index contributed by atoms with van der Waals surface area (Å²) in [6, 6.07) is 0. The van der Waals surface area contributed by atoms with Crippen LogP contribution in [-0.2, 0) is 19.1 Å². The summed E-state index contributed by atoms with van der Waals surface area (Å²) in [4.78, 5) is 37.2. The Bertz CT molecular complexity index is 623. The highest BCUT2D eigenvalue weighted by molar-refractivity contribution is 6.09. The fourth-order valence-corrected chi connectivity index (χ4v) is 2.84. The van der Waals surface area contributed by atoms with Gasteiger partial charge in [-0.3, -0.25) is 14.4 Å². The molecule has 1 aliphatic heterocycles. The molecule has 1 rings (SSSR count). The lowest BCUT2D eigenvalue weighted by molar-refractivity contribution is -0.357. The number of carbonyl (C=O) groups excluding carboxylic acids is 3. The Hall–Kier alpha value is -1.43. The molecular formula is C14H22O14. The van der Waals surface area contributed by atoms with Gasteiger partial charge in [0.2, 0.25) is 23.0 Å². The van der Waals surface area contributed by atoms with Crippen LogP contribution < -0.4 is 0 Å². The predicted octanol–water partition coefficient (Wildman–Crippen LogP) is -7.70. The highest BCUT2D eigenvalue weighted by Crippen LogP contribution is 2.44. The maximum atomic E-state index is 12.5. The summed E-state index contributed by atoms with van der Waals surface area (Å²) in [7, 11) is 0. The van der Waals surface area contributed by atoms with Gasteiger partial charge in [-0.15, -0.1) is 0 Å². The third-order valence-corrected chi connectivity index (χ3v) is 4.47. The quantitative estimate of drug-likeness (QED) is 0.168. The zero-order valence-electron chi connectivity index (χ0n) is 14.2. The van der Waals surface area contributed by atoms with Gasteiger partial charge >= 0.3 is 0 Å². The van der Waals surface area contributed by atoms with Crippen LogP contribution in [0, 0.1) is 0 Å². The summed E-state index contributed by atoms with van der Waals surface area (Å²) in [5.74, 6) is -10.4. The first-order valence-electron chi connectivity index (χ1n) is 7.80. The molecule has 0 saturated carbocycles. The lowest BCUT2D eigenvalue weighted by Gasteiger charge is -2.54. The zero-order chi connectivity index (χ0) is 22.1. The highest BCUT2D eigenvalue weighted by atomic mass is 16.7. The van der Waals surface area contributed by atoms with Gasteiger partial charge in [0.1, 0.15) is 24.4 Å². The van der Waals surface area contributed by atoms with Gasteiger partial charge in [0.15, 0.2) is 5.60 Å². The van der Waals surface area contributed by atoms with Crippen molar-refractivity contribution in [2.75, 3.05) is 26.4 Å². The van der Waals surface area contributed by atoms with Crippen molar-refractivity contribution in [3.63, 3.8) is 0 Å². The van der Waals surface area contributed by atoms with Crippen molar-refractivity contribution in [1.29, 1.82) is 0 Å². The van der Waals surface area contributed by atoms with E-state index in [4.69, 9.17) is 15.3 Å². The summed E-state index contributed by atoms with van der Waals surface area (Å²) in [5, 5.41) is 97.5. The molecule has 0 radical (unpaired) electrons. The number of rotatable bonds is 9. The van der Waals surface area contributed by atoms with Crippen LogP contribution in [0.4, 0.5) is 0 Å². The van der Waals surface area contributed by atoms with Crippen LogP contribution in [0.5, 0.6) is 0 Å². The van der Waals surface area contributed by atoms with Crippen molar-refractivity contribution in [2.24, 2.45) is 0 Å². The summed E-state index contributed by atoms with van der Waals surface area (Å²) < 4.78 is 4.52. The zero-order valence-corrected chi connectivity index (χ0v) is 14.2. The topological polar surface area (TPSA) is 263 Å². The van der Waals surface area contributed by atoms with Crippen LogP contribution in [-0.4, -0.2) is 136 Å². The van der Waals surface area contributed by atoms with Crippen molar-refractivity contribution in [3.05, 3.63) is 0 Å². The number of ether oxygens (including phenoxy) is 1. The molecular weight excluding hydrogens is 392 g/mol. The Morgan fingerprint density at radius 3 is 1.64 bits per heavy atom. The molecule has 162 valence electrons. The average molecular weight is 414 g/mol. The van der Waals surface area contributed by atoms with E-state index in [2.05, 4.69) is 4.74 Å². The Labute approximate surface area is 156 Å². The molecule has 0 aromatic heterocycles. The molecule has 7 atom stereocenters. The van der Waals surface area contributed by atoms with E-state index in [1.54, 1.807) is 0 Å². The number of hydrogen-bond acceptors (Lipinski definition) is 14. The first kappa shape index (κ1) is 24.6. The van der Waals surface area contributed by atoms with Gasteiger partial charge in [0.25, 0.3) is 5.79 Å². The lowest BCUT2D eigenvalue weighted by Crippen LogP contribution is -2.86. The summed E-state index contributed by atoms with van der Waals surface area (Å²) in [6.45, 7) is -5.57. The van der Waals surface area contributed by atoms with E-state index in [9.17, 15) is 50.1 Å². The van der Waals surface area contributed by atoms with E-state index in [1.165, 1.54) is 0 Å². The van der Waals surface area contributed by atoms with E-state index >= 15 is 0 Å². The molecule has 1 saturated heterocycles. The molecule has 14 nitrogen and oxygen atoms in total. The van der Waals surface area contributed by atoms with E-state index in [-0.39, 0.29) is 0 Å². The highest BCUT2D eigenvalue weighted by Gasteiger charge is 2.79. The summed E-state index contributed by atoms with van der Waals surface area (Å²) >= 11 is 0. The molecule has 0 aromatic carbocycles. The SMILES string of the molecule is O=C(C(O)CO)C1(O)OC[C@@H](O)[C@@](O)(C(=O)C(O)CO)[C@@]1(O)C(=O)C(O)CO. The minimum absolute atomic E-state index is 1.33. The average Bonchev–Trinajstić information content (AvgIpc) is 2.71. The molecule has 1 fully saturated rings. The number of aliphatic hydroxyl groups excluding tert-OH is 7. The predicted molar refractivity (Wildman–Crippen MR) is 81.1 cm³/mol. The van der Waals surface area contributed by atoms with Crippen LogP contribution in [0.3, 0.4) is 0 Å². The lowest BCUT2D eigenvalue weighted by atomic mass is 9.63. The minimum atomic E-state index is -4.31. The number of aliphatic hydroxyl groups is 10. The number of ketones is 3. The monoisotopic (exact) mass is 414 g/mol. The molecule has 28 heavy (non-hydrogen) atoms. The van der Waals surface area contributed by atoms with E-state index in [0.29, 0.717) is 0 Å². The van der Waals surface area contributed by atoms with Gasteiger partial charge in [0, 0.05) is 0 Å². The van der Waals surface area contributed by atoms with Crippen molar-refractivity contribution in [2.45, 2.75) is 41.4 Å². The second-order valence-electron chi connectivity index (χ2n) is 6.14. The number of Topliss-reactive ketones (excluding diaryl/α,β-unsaturated/α-hetero) is 3. The van der Waals surface area contributed by atoms with Crippen LogP contribution in [0.25, 0.3) is 0 Å². The molecule has 1 heterocycles. The van der Waals surface area contributed by atoms with Crippen LogP contribution in [0.1, 0.15) is 0 Å². The van der Waals surface area contributed by atoms with Gasteiger partial charge in [-0.25, -0.2) is 0 Å². The van der Waals surface area contributed by atoms with Crippen molar-refractivity contribution in [1.82, 2.24) is 0 Å². The molecule has 0 amide bonds. The standard InChI is InChI=1S/C14H22O14/c15-1-5(18)9(22)12(25)8(21)4-28-14(27,11(24)7(20)3-17)13(12,26)10(23)6(19)2-16/h5-8,15-21,25-27H,1-4H2/t5?,6?,7?,8-,12-,13+,14?/m1/s1. The fraction of sp³-hybridized carbons (Fsp3) is 0.786. The molecule has 1 aliphatic rings. The van der Waals surface area contributed by atoms with Crippen LogP contribution in [0.15, 0.2) is 0 Å². The van der Waals surface area contributed by atoms with E-state index < -0.39 is 85.2 Å². The molecule has 0 aliphatic carbocycles. The minimum Gasteiger partial charge on any atom is -0.393 e. The maximum Gasteiger partial charge on any atom is 0.270 e.